The first kappa shape index (κ1) is 14.0. The Morgan fingerprint density at radius 1 is 1.09 bits per heavy atom. The van der Waals surface area contributed by atoms with Crippen molar-refractivity contribution >= 4 is 5.78 Å². The van der Waals surface area contributed by atoms with E-state index in [1.54, 1.807) is 0 Å². The Labute approximate surface area is 132 Å². The molecule has 1 heterocycles. The lowest BCUT2D eigenvalue weighted by Gasteiger charge is -2.59. The van der Waals surface area contributed by atoms with Gasteiger partial charge in [-0.25, -0.2) is 0 Å². The smallest absolute Gasteiger partial charge is 0.162 e. The van der Waals surface area contributed by atoms with Crippen LogP contribution < -0.4 is 0 Å². The summed E-state index contributed by atoms with van der Waals surface area (Å²) in [7, 11) is 0. The van der Waals surface area contributed by atoms with Gasteiger partial charge in [-0.3, -0.25) is 4.79 Å². The molecule has 9 atom stereocenters. The van der Waals surface area contributed by atoms with Crippen LogP contribution in [0.5, 0.6) is 0 Å². The minimum atomic E-state index is -0.702. The highest BCUT2D eigenvalue weighted by Gasteiger charge is 2.64. The van der Waals surface area contributed by atoms with E-state index in [9.17, 15) is 9.90 Å². The molecular weight excluding hydrogens is 276 g/mol. The molecule has 0 unspecified atom stereocenters. The highest BCUT2D eigenvalue weighted by molar-refractivity contribution is 5.86. The summed E-state index contributed by atoms with van der Waals surface area (Å²) in [5, 5.41) is 10.4. The van der Waals surface area contributed by atoms with E-state index >= 15 is 0 Å². The molecule has 0 aromatic heterocycles. The molecule has 1 saturated heterocycles. The molecule has 0 aromatic rings. The maximum absolute atomic E-state index is 12.2. The average Bonchev–Trinajstić information content (AvgIpc) is 3.18. The molecule has 3 nitrogen and oxygen atoms in total. The quantitative estimate of drug-likeness (QED) is 0.700. The first-order valence-electron chi connectivity index (χ1n) is 9.30. The summed E-state index contributed by atoms with van der Waals surface area (Å²) in [6.07, 6.45) is 8.34. The number of ketones is 1. The van der Waals surface area contributed by atoms with Crippen molar-refractivity contribution in [3.63, 3.8) is 0 Å². The normalized spacial score (nSPS) is 62.7. The Kier molecular flexibility index (Phi) is 2.64. The summed E-state index contributed by atoms with van der Waals surface area (Å²) in [5.74, 6) is 2.74. The van der Waals surface area contributed by atoms with E-state index in [1.807, 2.05) is 0 Å². The van der Waals surface area contributed by atoms with Crippen LogP contribution in [0.3, 0.4) is 0 Å². The van der Waals surface area contributed by atoms with Gasteiger partial charge in [-0.05, 0) is 67.6 Å². The van der Waals surface area contributed by atoms with Crippen LogP contribution >= 0.6 is 0 Å². The zero-order valence-electron chi connectivity index (χ0n) is 13.8. The Balaban J connectivity index is 1.49. The van der Waals surface area contributed by atoms with Crippen molar-refractivity contribution in [1.29, 1.82) is 0 Å². The van der Waals surface area contributed by atoms with Crippen LogP contribution in [0.15, 0.2) is 0 Å². The summed E-state index contributed by atoms with van der Waals surface area (Å²) < 4.78 is 5.86. The summed E-state index contributed by atoms with van der Waals surface area (Å²) >= 11 is 0. The third kappa shape index (κ3) is 1.57. The lowest BCUT2D eigenvalue weighted by molar-refractivity contribution is -0.132. The fourth-order valence-corrected chi connectivity index (χ4v) is 7.29. The maximum Gasteiger partial charge on any atom is 0.162 e. The van der Waals surface area contributed by atoms with Crippen LogP contribution in [0.25, 0.3) is 0 Å². The molecule has 1 aliphatic heterocycles. The Morgan fingerprint density at radius 2 is 1.91 bits per heavy atom. The minimum Gasteiger partial charge on any atom is -0.385 e. The molecule has 22 heavy (non-hydrogen) atoms. The van der Waals surface area contributed by atoms with Gasteiger partial charge in [-0.15, -0.1) is 0 Å². The third-order valence-corrected chi connectivity index (χ3v) is 8.70. The molecule has 0 bridgehead atoms. The van der Waals surface area contributed by atoms with Crippen LogP contribution in [-0.2, 0) is 9.53 Å². The van der Waals surface area contributed by atoms with Gasteiger partial charge in [-0.2, -0.15) is 0 Å². The molecular formula is C19H28O3. The lowest BCUT2D eigenvalue weighted by Crippen LogP contribution is -2.54. The average molecular weight is 304 g/mol. The highest BCUT2D eigenvalue weighted by Crippen LogP contribution is 2.67. The Morgan fingerprint density at radius 3 is 2.73 bits per heavy atom. The van der Waals surface area contributed by atoms with Crippen LogP contribution in [0, 0.1) is 34.5 Å². The molecule has 5 fully saturated rings. The molecule has 0 aromatic carbocycles. The van der Waals surface area contributed by atoms with Gasteiger partial charge < -0.3 is 9.84 Å². The first-order valence-corrected chi connectivity index (χ1v) is 9.30. The van der Waals surface area contributed by atoms with Crippen molar-refractivity contribution in [1.82, 2.24) is 0 Å². The van der Waals surface area contributed by atoms with E-state index in [2.05, 4.69) is 13.8 Å². The van der Waals surface area contributed by atoms with E-state index < -0.39 is 6.10 Å². The molecule has 4 aliphatic carbocycles. The first-order chi connectivity index (χ1) is 10.4. The minimum absolute atomic E-state index is 0.106. The van der Waals surface area contributed by atoms with E-state index in [4.69, 9.17) is 4.74 Å². The standard InChI is InChI=1S/C19H28O3/c1-18-6-5-12-11(13(18)8-14(20)17(18)21)4-3-10-7-15-16(22-15)9-19(10,12)2/h10-13,15-17,21H,3-9H2,1-2H3/t10-,11+,12-,13-,15-,16+,17-,18-,19-/m0/s1. The van der Waals surface area contributed by atoms with Gasteiger partial charge in [-0.1, -0.05) is 13.8 Å². The molecule has 0 spiro atoms. The van der Waals surface area contributed by atoms with Gasteiger partial charge in [0.1, 0.15) is 6.10 Å². The summed E-state index contributed by atoms with van der Waals surface area (Å²) in [6, 6.07) is 0. The number of Topliss-reactive ketones (excluding diaryl/α,β-unsaturated/α-hetero) is 1. The number of aliphatic hydroxyl groups is 1. The second-order valence-electron chi connectivity index (χ2n) is 9.43. The van der Waals surface area contributed by atoms with Gasteiger partial charge in [0, 0.05) is 11.8 Å². The second-order valence-corrected chi connectivity index (χ2v) is 9.43. The maximum atomic E-state index is 12.2. The van der Waals surface area contributed by atoms with Crippen molar-refractivity contribution in [2.75, 3.05) is 0 Å². The van der Waals surface area contributed by atoms with Crippen molar-refractivity contribution in [3.05, 3.63) is 0 Å². The fourth-order valence-electron chi connectivity index (χ4n) is 7.29. The predicted molar refractivity (Wildman–Crippen MR) is 82.2 cm³/mol. The summed E-state index contributed by atoms with van der Waals surface area (Å²) in [4.78, 5) is 12.2. The summed E-state index contributed by atoms with van der Waals surface area (Å²) in [5.41, 5.74) is 0.271. The predicted octanol–water partition coefficient (Wildman–Crippen LogP) is 2.95. The number of hydrogen-bond donors (Lipinski definition) is 1. The lowest BCUT2D eigenvalue weighted by atomic mass is 9.45. The van der Waals surface area contributed by atoms with Gasteiger partial charge in [0.2, 0.25) is 0 Å². The number of aliphatic hydroxyl groups excluding tert-OH is 1. The van der Waals surface area contributed by atoms with Crippen molar-refractivity contribution in [2.45, 2.75) is 77.1 Å². The van der Waals surface area contributed by atoms with Crippen LogP contribution in [0.1, 0.15) is 58.8 Å². The third-order valence-electron chi connectivity index (χ3n) is 8.70. The van der Waals surface area contributed by atoms with Crippen LogP contribution in [0.4, 0.5) is 0 Å². The number of carbonyl (C=O) groups excluding carboxylic acids is 1. The number of carbonyl (C=O) groups is 1. The van der Waals surface area contributed by atoms with E-state index in [0.717, 1.165) is 18.3 Å². The topological polar surface area (TPSA) is 49.8 Å². The molecule has 3 heteroatoms. The van der Waals surface area contributed by atoms with Gasteiger partial charge in [0.15, 0.2) is 5.78 Å². The number of rotatable bonds is 0. The van der Waals surface area contributed by atoms with Crippen molar-refractivity contribution in [2.24, 2.45) is 34.5 Å². The van der Waals surface area contributed by atoms with Crippen molar-refractivity contribution < 1.29 is 14.6 Å². The Bertz CT molecular complexity index is 531. The van der Waals surface area contributed by atoms with Crippen LogP contribution in [-0.4, -0.2) is 29.2 Å². The van der Waals surface area contributed by atoms with E-state index in [0.29, 0.717) is 35.9 Å². The highest BCUT2D eigenvalue weighted by atomic mass is 16.6. The number of hydrogen-bond acceptors (Lipinski definition) is 3. The van der Waals surface area contributed by atoms with Gasteiger partial charge >= 0.3 is 0 Å². The number of fused-ring (bicyclic) bond motifs is 6. The zero-order chi connectivity index (χ0) is 15.3. The monoisotopic (exact) mass is 304 g/mol. The van der Waals surface area contributed by atoms with Gasteiger partial charge in [0.25, 0.3) is 0 Å². The zero-order valence-corrected chi connectivity index (χ0v) is 13.8. The molecule has 122 valence electrons. The number of epoxide rings is 1. The largest absolute Gasteiger partial charge is 0.385 e. The molecule has 4 saturated carbocycles. The SMILES string of the molecule is C[C@]12C[C@H]3O[C@H]3C[C@@H]1CC[C@@H]1[C@@H]2CC[C@]2(C)[C@@H](O)C(=O)C[C@@H]12. The Hall–Kier alpha value is -0.410. The molecule has 0 amide bonds. The van der Waals surface area contributed by atoms with Crippen LogP contribution in [0.2, 0.25) is 0 Å². The molecule has 0 radical (unpaired) electrons. The summed E-state index contributed by atoms with van der Waals surface area (Å²) in [6.45, 7) is 4.70. The van der Waals surface area contributed by atoms with Gasteiger partial charge in [0.05, 0.1) is 12.2 Å². The van der Waals surface area contributed by atoms with E-state index in [-0.39, 0.29) is 11.2 Å². The van der Waals surface area contributed by atoms with Crippen molar-refractivity contribution in [3.8, 4) is 0 Å². The molecule has 5 rings (SSSR count). The molecule has 5 aliphatic rings. The molecule has 1 N–H and O–H groups in total. The number of ether oxygens (including phenoxy) is 1. The fraction of sp³-hybridized carbons (Fsp3) is 0.947. The van der Waals surface area contributed by atoms with E-state index in [1.165, 1.54) is 32.1 Å². The second kappa shape index (κ2) is 4.16.